The van der Waals surface area contributed by atoms with Crippen LogP contribution in [0.3, 0.4) is 0 Å². The fourth-order valence-electron chi connectivity index (χ4n) is 3.18. The Labute approximate surface area is 185 Å². The molecule has 2 aromatic heterocycles. The minimum absolute atomic E-state index is 0.263. The van der Waals surface area contributed by atoms with Crippen LogP contribution in [0.2, 0.25) is 5.02 Å². The smallest absolute Gasteiger partial charge is 0.335 e. The summed E-state index contributed by atoms with van der Waals surface area (Å²) in [5.74, 6) is -0.941. The lowest BCUT2D eigenvalue weighted by molar-refractivity contribution is 0.0696. The molecule has 0 aliphatic rings. The van der Waals surface area contributed by atoms with E-state index in [1.807, 2.05) is 41.3 Å². The standard InChI is InChI=1S/C21H17BrClN3O2S/c1-2-8-25-12-15(11-24-25)26-18-10-14(23)6-7-17(18)19(20(26)22)29-16-5-3-4-13(9-16)21(27)28/h3-7,9-12H,2,8H2,1H3,(H,27,28). The maximum absolute atomic E-state index is 11.3. The molecule has 4 rings (SSSR count). The van der Waals surface area contributed by atoms with Gasteiger partial charge >= 0.3 is 5.97 Å². The Morgan fingerprint density at radius 2 is 2.10 bits per heavy atom. The first-order valence-electron chi connectivity index (χ1n) is 9.01. The predicted molar refractivity (Wildman–Crippen MR) is 120 cm³/mol. The number of benzene rings is 2. The van der Waals surface area contributed by atoms with Crippen LogP contribution in [0, 0.1) is 0 Å². The zero-order valence-electron chi connectivity index (χ0n) is 15.5. The molecule has 1 N–H and O–H groups in total. The molecule has 8 heteroatoms. The summed E-state index contributed by atoms with van der Waals surface area (Å²) in [5, 5.41) is 15.4. The molecule has 5 nitrogen and oxygen atoms in total. The van der Waals surface area contributed by atoms with Crippen LogP contribution in [-0.2, 0) is 6.54 Å². The molecule has 0 aliphatic heterocycles. The lowest BCUT2D eigenvalue weighted by Gasteiger charge is -2.05. The van der Waals surface area contributed by atoms with Crippen molar-refractivity contribution in [3.05, 3.63) is 70.0 Å². The number of fused-ring (bicyclic) bond motifs is 1. The molecule has 148 valence electrons. The van der Waals surface area contributed by atoms with Gasteiger partial charge in [0.1, 0.15) is 4.60 Å². The SMILES string of the molecule is CCCn1cc(-n2c(Br)c(Sc3cccc(C(=O)O)c3)c3ccc(Cl)cc32)cn1. The summed E-state index contributed by atoms with van der Waals surface area (Å²) in [6.07, 6.45) is 4.84. The van der Waals surface area contributed by atoms with Crippen molar-refractivity contribution in [2.45, 2.75) is 29.7 Å². The van der Waals surface area contributed by atoms with E-state index in [1.165, 1.54) is 11.8 Å². The van der Waals surface area contributed by atoms with Crippen molar-refractivity contribution in [2.75, 3.05) is 0 Å². The van der Waals surface area contributed by atoms with Crippen molar-refractivity contribution < 1.29 is 9.90 Å². The van der Waals surface area contributed by atoms with Crippen molar-refractivity contribution in [1.29, 1.82) is 0 Å². The number of carboxylic acid groups (broad SMARTS) is 1. The van der Waals surface area contributed by atoms with Crippen LogP contribution in [0.4, 0.5) is 0 Å². The van der Waals surface area contributed by atoms with Gasteiger partial charge in [0.05, 0.1) is 27.9 Å². The second kappa shape index (κ2) is 8.26. The van der Waals surface area contributed by atoms with E-state index in [9.17, 15) is 9.90 Å². The van der Waals surface area contributed by atoms with Gasteiger partial charge in [-0.15, -0.1) is 0 Å². The maximum Gasteiger partial charge on any atom is 0.335 e. The quantitative estimate of drug-likeness (QED) is 0.335. The molecule has 0 bridgehead atoms. The number of aromatic nitrogens is 3. The number of halogens is 2. The van der Waals surface area contributed by atoms with Gasteiger partial charge in [0.15, 0.2) is 0 Å². The van der Waals surface area contributed by atoms with E-state index in [2.05, 4.69) is 32.5 Å². The van der Waals surface area contributed by atoms with Crippen molar-refractivity contribution >= 4 is 56.2 Å². The monoisotopic (exact) mass is 489 g/mol. The van der Waals surface area contributed by atoms with E-state index >= 15 is 0 Å². The normalized spacial score (nSPS) is 11.3. The Bertz CT molecular complexity index is 1220. The maximum atomic E-state index is 11.3. The number of aromatic carboxylic acids is 1. The Balaban J connectivity index is 1.85. The first-order valence-corrected chi connectivity index (χ1v) is 11.0. The minimum Gasteiger partial charge on any atom is -0.478 e. The van der Waals surface area contributed by atoms with Crippen LogP contribution in [0.1, 0.15) is 23.7 Å². The van der Waals surface area contributed by atoms with Crippen LogP contribution >= 0.6 is 39.3 Å². The molecular formula is C21H17BrClN3O2S. The van der Waals surface area contributed by atoms with E-state index in [-0.39, 0.29) is 5.56 Å². The lowest BCUT2D eigenvalue weighted by Crippen LogP contribution is -1.96. The molecule has 29 heavy (non-hydrogen) atoms. The molecule has 0 radical (unpaired) electrons. The van der Waals surface area contributed by atoms with Crippen LogP contribution < -0.4 is 0 Å². The molecule has 0 saturated heterocycles. The fourth-order valence-corrected chi connectivity index (χ4v) is 5.22. The highest BCUT2D eigenvalue weighted by molar-refractivity contribution is 9.10. The number of hydrogen-bond acceptors (Lipinski definition) is 3. The summed E-state index contributed by atoms with van der Waals surface area (Å²) in [4.78, 5) is 13.2. The van der Waals surface area contributed by atoms with Gasteiger partial charge in [0.2, 0.25) is 0 Å². The second-order valence-corrected chi connectivity index (χ2v) is 8.78. The van der Waals surface area contributed by atoms with Crippen molar-refractivity contribution in [3.63, 3.8) is 0 Å². The Hall–Kier alpha value is -2.22. The van der Waals surface area contributed by atoms with E-state index < -0.39 is 5.97 Å². The van der Waals surface area contributed by atoms with E-state index in [0.29, 0.717) is 5.02 Å². The number of carbonyl (C=O) groups is 1. The average Bonchev–Trinajstić information content (AvgIpc) is 3.25. The Morgan fingerprint density at radius 1 is 1.28 bits per heavy atom. The molecule has 0 amide bonds. The largest absolute Gasteiger partial charge is 0.478 e. The van der Waals surface area contributed by atoms with Gasteiger partial charge in [-0.1, -0.05) is 42.4 Å². The fraction of sp³-hybridized carbons (Fsp3) is 0.143. The zero-order valence-corrected chi connectivity index (χ0v) is 18.6. The van der Waals surface area contributed by atoms with Gasteiger partial charge in [-0.05, 0) is 52.7 Å². The molecule has 0 unspecified atom stereocenters. The first-order chi connectivity index (χ1) is 14.0. The van der Waals surface area contributed by atoms with Crippen molar-refractivity contribution in [3.8, 4) is 5.69 Å². The molecule has 0 atom stereocenters. The second-order valence-electron chi connectivity index (χ2n) is 6.51. The van der Waals surface area contributed by atoms with E-state index in [0.717, 1.165) is 44.0 Å². The van der Waals surface area contributed by atoms with E-state index in [1.54, 1.807) is 18.2 Å². The molecule has 2 aromatic carbocycles. The molecule has 4 aromatic rings. The average molecular weight is 491 g/mol. The summed E-state index contributed by atoms with van der Waals surface area (Å²) < 4.78 is 4.86. The van der Waals surface area contributed by atoms with Crippen LogP contribution in [-0.4, -0.2) is 25.4 Å². The van der Waals surface area contributed by atoms with Crippen LogP contribution in [0.15, 0.2) is 69.3 Å². The third-order valence-corrected chi connectivity index (χ3v) is 6.82. The number of aryl methyl sites for hydroxylation is 1. The number of carboxylic acids is 1. The Morgan fingerprint density at radius 3 is 2.86 bits per heavy atom. The van der Waals surface area contributed by atoms with Crippen molar-refractivity contribution in [2.24, 2.45) is 0 Å². The topological polar surface area (TPSA) is 60.0 Å². The third-order valence-electron chi connectivity index (χ3n) is 4.46. The van der Waals surface area contributed by atoms with Gasteiger partial charge in [0, 0.05) is 28.0 Å². The molecule has 0 aliphatic carbocycles. The first kappa shape index (κ1) is 20.1. The number of nitrogens with zero attached hydrogens (tertiary/aromatic N) is 3. The number of hydrogen-bond donors (Lipinski definition) is 1. The van der Waals surface area contributed by atoms with Gasteiger partial charge < -0.3 is 5.11 Å². The summed E-state index contributed by atoms with van der Waals surface area (Å²) in [7, 11) is 0. The molecule has 0 saturated carbocycles. The summed E-state index contributed by atoms with van der Waals surface area (Å²) in [6, 6.07) is 12.7. The third kappa shape index (κ3) is 3.95. The van der Waals surface area contributed by atoms with Gasteiger partial charge in [0.25, 0.3) is 0 Å². The molecule has 2 heterocycles. The Kier molecular flexibility index (Phi) is 5.72. The molecular weight excluding hydrogens is 474 g/mol. The van der Waals surface area contributed by atoms with Gasteiger partial charge in [-0.25, -0.2) is 4.79 Å². The number of rotatable bonds is 6. The van der Waals surface area contributed by atoms with Gasteiger partial charge in [-0.3, -0.25) is 9.25 Å². The molecule has 0 fully saturated rings. The molecule has 0 spiro atoms. The van der Waals surface area contributed by atoms with E-state index in [4.69, 9.17) is 11.6 Å². The van der Waals surface area contributed by atoms with Crippen LogP contribution in [0.25, 0.3) is 16.6 Å². The van der Waals surface area contributed by atoms with Crippen LogP contribution in [0.5, 0.6) is 0 Å². The van der Waals surface area contributed by atoms with Gasteiger partial charge in [-0.2, -0.15) is 5.10 Å². The summed E-state index contributed by atoms with van der Waals surface area (Å²) >= 11 is 11.6. The predicted octanol–water partition coefficient (Wildman–Crippen LogP) is 6.50. The zero-order chi connectivity index (χ0) is 20.5. The lowest BCUT2D eigenvalue weighted by atomic mass is 10.2. The summed E-state index contributed by atoms with van der Waals surface area (Å²) in [5.41, 5.74) is 2.15. The highest BCUT2D eigenvalue weighted by atomic mass is 79.9. The summed E-state index contributed by atoms with van der Waals surface area (Å²) in [6.45, 7) is 2.96. The highest BCUT2D eigenvalue weighted by Crippen LogP contribution is 2.43. The van der Waals surface area contributed by atoms with Crippen molar-refractivity contribution in [1.82, 2.24) is 14.3 Å². The minimum atomic E-state index is -0.941. The highest BCUT2D eigenvalue weighted by Gasteiger charge is 2.19.